The number of aliphatic hydroxyl groups is 1. The van der Waals surface area contributed by atoms with Crippen LogP contribution in [0.25, 0.3) is 11.2 Å². The van der Waals surface area contributed by atoms with Crippen molar-refractivity contribution >= 4 is 26.4 Å². The predicted octanol–water partition coefficient (Wildman–Crippen LogP) is -0.136. The van der Waals surface area contributed by atoms with Crippen molar-refractivity contribution in [3.8, 4) is 0 Å². The van der Waals surface area contributed by atoms with E-state index in [0.717, 1.165) is 0 Å². The van der Waals surface area contributed by atoms with Crippen molar-refractivity contribution in [2.45, 2.75) is 24.9 Å². The third-order valence-corrected chi connectivity index (χ3v) is 3.35. The highest BCUT2D eigenvalue weighted by atomic mass is 31.0. The van der Waals surface area contributed by atoms with Gasteiger partial charge in [-0.3, -0.25) is 4.57 Å². The first-order valence-electron chi connectivity index (χ1n) is 5.79. The predicted molar refractivity (Wildman–Crippen MR) is 69.9 cm³/mol. The van der Waals surface area contributed by atoms with Crippen molar-refractivity contribution in [1.82, 2.24) is 19.5 Å². The standard InChI is InChI=1S/C10H14N5O3P/c11-9-8-10(13-3-12-9)15(4-14-8)7-1-5(16)6(18-7)2-17-19/h3-7,16H,1-2,19H2,(H2,11,12,13)/t5-,6-,7-/m1/s1. The normalized spacial score (nSPS) is 27.2. The average Bonchev–Trinajstić information content (AvgIpc) is 2.95. The van der Waals surface area contributed by atoms with E-state index in [1.54, 1.807) is 10.9 Å². The monoisotopic (exact) mass is 283 g/mol. The van der Waals surface area contributed by atoms with Gasteiger partial charge >= 0.3 is 0 Å². The summed E-state index contributed by atoms with van der Waals surface area (Å²) in [6, 6.07) is 0. The Morgan fingerprint density at radius 1 is 1.53 bits per heavy atom. The van der Waals surface area contributed by atoms with Gasteiger partial charge in [-0.1, -0.05) is 0 Å². The molecule has 9 heteroatoms. The molecular weight excluding hydrogens is 269 g/mol. The minimum absolute atomic E-state index is 0.312. The number of ether oxygens (including phenoxy) is 1. The minimum Gasteiger partial charge on any atom is -0.390 e. The molecule has 2 aromatic rings. The molecular formula is C10H14N5O3P. The molecule has 3 N–H and O–H groups in total. The van der Waals surface area contributed by atoms with E-state index < -0.39 is 6.10 Å². The highest BCUT2D eigenvalue weighted by Crippen LogP contribution is 2.31. The van der Waals surface area contributed by atoms with Crippen LogP contribution in [0.1, 0.15) is 12.6 Å². The topological polar surface area (TPSA) is 108 Å². The number of hydrogen-bond donors (Lipinski definition) is 2. The lowest BCUT2D eigenvalue weighted by Gasteiger charge is -2.14. The molecule has 0 amide bonds. The number of rotatable bonds is 3. The van der Waals surface area contributed by atoms with Crippen molar-refractivity contribution in [2.75, 3.05) is 12.3 Å². The van der Waals surface area contributed by atoms with E-state index in [1.165, 1.54) is 6.33 Å². The molecule has 1 fully saturated rings. The lowest BCUT2D eigenvalue weighted by atomic mass is 10.2. The Balaban J connectivity index is 1.91. The molecule has 1 unspecified atom stereocenters. The van der Waals surface area contributed by atoms with Crippen molar-refractivity contribution in [3.05, 3.63) is 12.7 Å². The van der Waals surface area contributed by atoms with E-state index in [2.05, 4.69) is 24.4 Å². The summed E-state index contributed by atoms with van der Waals surface area (Å²) in [5.74, 6) is 0.326. The highest BCUT2D eigenvalue weighted by molar-refractivity contribution is 7.09. The van der Waals surface area contributed by atoms with Crippen LogP contribution >= 0.6 is 9.47 Å². The van der Waals surface area contributed by atoms with Crippen LogP contribution in [0.4, 0.5) is 5.82 Å². The first kappa shape index (κ1) is 12.7. The fourth-order valence-corrected chi connectivity index (χ4v) is 2.40. The molecule has 8 nitrogen and oxygen atoms in total. The van der Waals surface area contributed by atoms with Gasteiger partial charge in [0, 0.05) is 15.9 Å². The highest BCUT2D eigenvalue weighted by Gasteiger charge is 2.35. The molecule has 102 valence electrons. The fourth-order valence-electron chi connectivity index (χ4n) is 2.21. The number of imidazole rings is 1. The third-order valence-electron chi connectivity index (χ3n) is 3.16. The van der Waals surface area contributed by atoms with Crippen LogP contribution in [0.2, 0.25) is 0 Å². The second kappa shape index (κ2) is 4.97. The molecule has 1 aliphatic heterocycles. The van der Waals surface area contributed by atoms with E-state index >= 15 is 0 Å². The van der Waals surface area contributed by atoms with Gasteiger partial charge in [-0.25, -0.2) is 15.0 Å². The number of aromatic nitrogens is 4. The molecule has 2 aromatic heterocycles. The SMILES string of the molecule is Nc1ncnc2c1ncn2[C@H]1C[C@@H](O)[C@@H](COP)O1. The lowest BCUT2D eigenvalue weighted by Crippen LogP contribution is -2.24. The summed E-state index contributed by atoms with van der Waals surface area (Å²) in [7, 11) is 2.14. The van der Waals surface area contributed by atoms with Gasteiger partial charge in [0.15, 0.2) is 11.5 Å². The summed E-state index contributed by atoms with van der Waals surface area (Å²) in [5, 5.41) is 9.91. The van der Waals surface area contributed by atoms with Gasteiger partial charge in [0.25, 0.3) is 0 Å². The first-order chi connectivity index (χ1) is 9.20. The van der Waals surface area contributed by atoms with Crippen LogP contribution in [-0.4, -0.2) is 43.4 Å². The molecule has 0 aromatic carbocycles. The lowest BCUT2D eigenvalue weighted by molar-refractivity contribution is -0.0353. The summed E-state index contributed by atoms with van der Waals surface area (Å²) < 4.78 is 12.4. The van der Waals surface area contributed by atoms with Gasteiger partial charge in [0.05, 0.1) is 19.0 Å². The number of nitrogens with two attached hydrogens (primary N) is 1. The van der Waals surface area contributed by atoms with Crippen molar-refractivity contribution in [1.29, 1.82) is 0 Å². The average molecular weight is 283 g/mol. The summed E-state index contributed by atoms with van der Waals surface area (Å²) in [5.41, 5.74) is 6.86. The number of nitrogen functional groups attached to an aromatic ring is 1. The number of nitrogens with zero attached hydrogens (tertiary/aromatic N) is 4. The van der Waals surface area contributed by atoms with Crippen molar-refractivity contribution in [2.24, 2.45) is 0 Å². The number of anilines is 1. The largest absolute Gasteiger partial charge is 0.390 e. The van der Waals surface area contributed by atoms with Crippen LogP contribution in [0.15, 0.2) is 12.7 Å². The second-order valence-corrected chi connectivity index (χ2v) is 4.68. The molecule has 4 atom stereocenters. The van der Waals surface area contributed by atoms with Gasteiger partial charge in [-0.15, -0.1) is 0 Å². The molecule has 0 saturated carbocycles. The van der Waals surface area contributed by atoms with Crippen molar-refractivity contribution < 1.29 is 14.4 Å². The maximum atomic E-state index is 9.91. The number of fused-ring (bicyclic) bond motifs is 1. The smallest absolute Gasteiger partial charge is 0.167 e. The zero-order chi connectivity index (χ0) is 13.4. The van der Waals surface area contributed by atoms with Gasteiger partial charge < -0.3 is 20.1 Å². The third kappa shape index (κ3) is 2.17. The molecule has 0 bridgehead atoms. The summed E-state index contributed by atoms with van der Waals surface area (Å²) >= 11 is 0. The van der Waals surface area contributed by atoms with Crippen LogP contribution in [0.5, 0.6) is 0 Å². The fraction of sp³-hybridized carbons (Fsp3) is 0.500. The second-order valence-electron chi connectivity index (χ2n) is 4.35. The van der Waals surface area contributed by atoms with E-state index in [4.69, 9.17) is 15.0 Å². The first-order valence-corrected chi connectivity index (χ1v) is 6.26. The Morgan fingerprint density at radius 3 is 3.16 bits per heavy atom. The summed E-state index contributed by atoms with van der Waals surface area (Å²) in [6.45, 7) is 0.312. The van der Waals surface area contributed by atoms with Crippen LogP contribution in [0, 0.1) is 0 Å². The minimum atomic E-state index is -0.581. The van der Waals surface area contributed by atoms with E-state index in [1.807, 2.05) is 0 Å². The molecule has 1 aliphatic rings. The molecule has 0 radical (unpaired) electrons. The molecule has 0 aliphatic carbocycles. The Labute approximate surface area is 111 Å². The zero-order valence-electron chi connectivity index (χ0n) is 10.0. The van der Waals surface area contributed by atoms with Crippen molar-refractivity contribution in [3.63, 3.8) is 0 Å². The van der Waals surface area contributed by atoms with E-state index in [9.17, 15) is 5.11 Å². The van der Waals surface area contributed by atoms with Crippen LogP contribution in [-0.2, 0) is 9.26 Å². The summed E-state index contributed by atoms with van der Waals surface area (Å²) in [4.78, 5) is 12.2. The Kier molecular flexibility index (Phi) is 3.32. The molecule has 3 heterocycles. The van der Waals surface area contributed by atoms with Gasteiger partial charge in [-0.05, 0) is 0 Å². The summed E-state index contributed by atoms with van der Waals surface area (Å²) in [6.07, 6.45) is 2.15. The van der Waals surface area contributed by atoms with Gasteiger partial charge in [0.2, 0.25) is 0 Å². The van der Waals surface area contributed by atoms with E-state index in [-0.39, 0.29) is 12.3 Å². The Morgan fingerprint density at radius 2 is 2.37 bits per heavy atom. The van der Waals surface area contributed by atoms with Crippen LogP contribution in [0.3, 0.4) is 0 Å². The molecule has 1 saturated heterocycles. The maximum absolute atomic E-state index is 9.91. The van der Waals surface area contributed by atoms with Gasteiger partial charge in [0.1, 0.15) is 24.2 Å². The zero-order valence-corrected chi connectivity index (χ0v) is 11.2. The molecule has 0 spiro atoms. The number of hydrogen-bond acceptors (Lipinski definition) is 7. The molecule has 19 heavy (non-hydrogen) atoms. The Bertz CT molecular complexity index is 592. The van der Waals surface area contributed by atoms with Gasteiger partial charge in [-0.2, -0.15) is 0 Å². The molecule has 3 rings (SSSR count). The van der Waals surface area contributed by atoms with Crippen LogP contribution < -0.4 is 5.73 Å². The van der Waals surface area contributed by atoms with E-state index in [0.29, 0.717) is 30.0 Å². The quantitative estimate of drug-likeness (QED) is 0.755. The Hall–Kier alpha value is -1.34. The maximum Gasteiger partial charge on any atom is 0.167 e. The number of aliphatic hydroxyl groups excluding tert-OH is 1.